The minimum absolute atomic E-state index is 0.552. The van der Waals surface area contributed by atoms with Crippen LogP contribution in [-0.4, -0.2) is 17.2 Å². The number of halogens is 1. The smallest absolute Gasteiger partial charge is 0.423 e. The highest BCUT2D eigenvalue weighted by Crippen LogP contribution is 2.46. The molecule has 0 aliphatic rings. The van der Waals surface area contributed by atoms with Crippen molar-refractivity contribution in [3.63, 3.8) is 0 Å². The third-order valence-electron chi connectivity index (χ3n) is 18.4. The Morgan fingerprint density at radius 2 is 0.457 bits per heavy atom. The minimum atomic E-state index is -1.54. The van der Waals surface area contributed by atoms with E-state index in [1.54, 1.807) is 0 Å². The lowest BCUT2D eigenvalue weighted by Crippen LogP contribution is -2.31. The number of benzene rings is 18. The molecule has 0 spiro atoms. The van der Waals surface area contributed by atoms with E-state index in [-0.39, 0.29) is 0 Å². The molecule has 2 N–H and O–H groups in total. The summed E-state index contributed by atoms with van der Waals surface area (Å²) in [5.74, 6) is 0. The molecular weight excluding hydrogens is 1230 g/mol. The Balaban J connectivity index is 0.000000123. The van der Waals surface area contributed by atoms with Gasteiger partial charge in [-0.2, -0.15) is 0 Å². The van der Waals surface area contributed by atoms with Crippen molar-refractivity contribution < 1.29 is 10.0 Å². The summed E-state index contributed by atoms with van der Waals surface area (Å²) in [7, 11) is -1.54. The molecule has 4 heteroatoms. The fourth-order valence-electron chi connectivity index (χ4n) is 14.1. The molecule has 0 bridgehead atoms. The van der Waals surface area contributed by atoms with Gasteiger partial charge in [0.25, 0.3) is 0 Å². The highest BCUT2D eigenvalue weighted by Gasteiger charge is 2.23. The average molecular weight is 1290 g/mol. The van der Waals surface area contributed by atoms with Crippen LogP contribution in [0.25, 0.3) is 163 Å². The van der Waals surface area contributed by atoms with Gasteiger partial charge in [-0.15, -0.1) is 0 Å². The summed E-state index contributed by atoms with van der Waals surface area (Å²) in [5, 5.41) is 44.7. The Kier molecular flexibility index (Phi) is 14.9. The van der Waals surface area contributed by atoms with Gasteiger partial charge in [-0.25, -0.2) is 0 Å². The highest BCUT2D eigenvalue weighted by molar-refractivity contribution is 14.1. The summed E-state index contributed by atoms with van der Waals surface area (Å²) in [6.45, 7) is 0. The number of fused-ring (bicyclic) bond motifs is 12. The molecule has 18 aromatic rings. The van der Waals surface area contributed by atoms with Crippen molar-refractivity contribution in [2.45, 2.75) is 0 Å². The summed E-state index contributed by atoms with van der Waals surface area (Å²) in [6, 6.07) is 121. The van der Waals surface area contributed by atoms with Gasteiger partial charge in [0.1, 0.15) is 0 Å². The monoisotopic (exact) mass is 1280 g/mol. The van der Waals surface area contributed by atoms with Crippen LogP contribution >= 0.6 is 22.6 Å². The van der Waals surface area contributed by atoms with Gasteiger partial charge in [-0.3, -0.25) is 0 Å². The topological polar surface area (TPSA) is 40.5 Å². The Bertz CT molecular complexity index is 5800. The van der Waals surface area contributed by atoms with E-state index in [0.717, 1.165) is 38.2 Å². The summed E-state index contributed by atoms with van der Waals surface area (Å²) in [6.07, 6.45) is 0. The van der Waals surface area contributed by atoms with Crippen LogP contribution in [0.4, 0.5) is 0 Å². The molecule has 0 aliphatic heterocycles. The first kappa shape index (κ1) is 56.5. The van der Waals surface area contributed by atoms with E-state index < -0.39 is 7.12 Å². The molecule has 0 atom stereocenters. The largest absolute Gasteiger partial charge is 0.489 e. The van der Waals surface area contributed by atoms with E-state index in [1.165, 1.54) is 129 Å². The van der Waals surface area contributed by atoms with E-state index in [0.29, 0.717) is 5.46 Å². The first-order valence-electron chi connectivity index (χ1n) is 31.3. The van der Waals surface area contributed by atoms with Crippen LogP contribution in [0.2, 0.25) is 0 Å². The molecule has 92 heavy (non-hydrogen) atoms. The van der Waals surface area contributed by atoms with Crippen LogP contribution in [0.3, 0.4) is 0 Å². The molecule has 0 saturated heterocycles. The van der Waals surface area contributed by atoms with Gasteiger partial charge in [0.05, 0.1) is 0 Å². The standard InChI is InChI=1S/C44H28.C30H21BO2.C14H9I/c1-2-12-31-26-33(22-20-29(31)10-1)32-13-9-14-35(27-32)43-39-16-5-7-18-41(39)44(42-19-8-6-17-40(42)43)36-24-25-38-34(28-36)23-21-30-11-3-4-15-37(30)38;32-31(33)30-27-14-5-3-12-25(27)29(26-13-4-6-15-28(26)30)24-11-7-10-22(19-24)23-17-16-20-8-1-2-9-21(20)18-23;15-12-7-8-14-11(9-12)6-5-10-3-1-2-4-13(10)14/h1-28H;1-19,32-33H;1-9H. The van der Waals surface area contributed by atoms with Gasteiger partial charge in [0.2, 0.25) is 0 Å². The van der Waals surface area contributed by atoms with Gasteiger partial charge in [0, 0.05) is 3.57 Å². The van der Waals surface area contributed by atoms with Gasteiger partial charge in [0.15, 0.2) is 0 Å². The minimum Gasteiger partial charge on any atom is -0.423 e. The SMILES string of the molecule is Ic1ccc2c(ccc3ccccc32)c1.OB(O)c1c2ccccc2c(-c2cccc(-c3ccc4ccccc4c3)c2)c2ccccc12.c1cc(-c2ccc3ccccc3c2)cc(-c2c3ccccc3c(-c3ccc4c(ccc5ccccc54)c3)c3ccccc23)c1. The first-order chi connectivity index (χ1) is 45.4. The maximum atomic E-state index is 10.2. The number of hydrogen-bond acceptors (Lipinski definition) is 2. The molecule has 0 fully saturated rings. The van der Waals surface area contributed by atoms with Crippen molar-refractivity contribution in [1.82, 2.24) is 0 Å². The molecule has 0 heterocycles. The zero-order valence-electron chi connectivity index (χ0n) is 50.2. The molecule has 2 nitrogen and oxygen atoms in total. The fraction of sp³-hybridized carbons (Fsp3) is 0. The second kappa shape index (κ2) is 24.2. The quantitative estimate of drug-likeness (QED) is 0.0754. The van der Waals surface area contributed by atoms with Crippen LogP contribution in [0, 0.1) is 3.57 Å². The van der Waals surface area contributed by atoms with E-state index in [2.05, 4.69) is 326 Å². The van der Waals surface area contributed by atoms with Crippen molar-refractivity contribution in [1.29, 1.82) is 0 Å². The van der Waals surface area contributed by atoms with Crippen LogP contribution < -0.4 is 5.46 Å². The summed E-state index contributed by atoms with van der Waals surface area (Å²) >= 11 is 2.35. The molecule has 0 aromatic heterocycles. The molecule has 432 valence electrons. The zero-order chi connectivity index (χ0) is 61.7. The van der Waals surface area contributed by atoms with Crippen LogP contribution in [-0.2, 0) is 0 Å². The van der Waals surface area contributed by atoms with E-state index in [4.69, 9.17) is 0 Å². The maximum absolute atomic E-state index is 10.2. The lowest BCUT2D eigenvalue weighted by Gasteiger charge is -2.18. The van der Waals surface area contributed by atoms with Crippen LogP contribution in [0.15, 0.2) is 340 Å². The molecule has 0 aliphatic carbocycles. The lowest BCUT2D eigenvalue weighted by atomic mass is 9.72. The lowest BCUT2D eigenvalue weighted by molar-refractivity contribution is 0.426. The second-order valence-corrected chi connectivity index (χ2v) is 25.0. The Labute approximate surface area is 547 Å². The number of hydrogen-bond donors (Lipinski definition) is 2. The van der Waals surface area contributed by atoms with Crippen molar-refractivity contribution in [3.05, 3.63) is 343 Å². The summed E-state index contributed by atoms with van der Waals surface area (Å²) < 4.78 is 1.29. The molecule has 18 rings (SSSR count). The van der Waals surface area contributed by atoms with E-state index in [1.807, 2.05) is 36.4 Å². The van der Waals surface area contributed by atoms with E-state index >= 15 is 0 Å². The second-order valence-electron chi connectivity index (χ2n) is 23.8. The van der Waals surface area contributed by atoms with Gasteiger partial charge >= 0.3 is 7.12 Å². The van der Waals surface area contributed by atoms with Gasteiger partial charge in [-0.1, -0.05) is 297 Å². The summed E-state index contributed by atoms with van der Waals surface area (Å²) in [5.41, 5.74) is 12.6. The van der Waals surface area contributed by atoms with E-state index in [9.17, 15) is 10.0 Å². The maximum Gasteiger partial charge on any atom is 0.489 e. The van der Waals surface area contributed by atoms with Crippen molar-refractivity contribution >= 4 is 143 Å². The molecule has 0 radical (unpaired) electrons. The highest BCUT2D eigenvalue weighted by atomic mass is 127. The van der Waals surface area contributed by atoms with Crippen molar-refractivity contribution in [2.75, 3.05) is 0 Å². The third kappa shape index (κ3) is 10.5. The van der Waals surface area contributed by atoms with Gasteiger partial charge < -0.3 is 10.0 Å². The normalized spacial score (nSPS) is 11.4. The Morgan fingerprint density at radius 3 is 0.891 bits per heavy atom. The first-order valence-corrected chi connectivity index (χ1v) is 32.4. The molecular formula is C88H58BIO2. The van der Waals surface area contributed by atoms with Crippen molar-refractivity contribution in [3.8, 4) is 55.6 Å². The Morgan fingerprint density at radius 1 is 0.185 bits per heavy atom. The van der Waals surface area contributed by atoms with Crippen LogP contribution in [0.5, 0.6) is 0 Å². The summed E-state index contributed by atoms with van der Waals surface area (Å²) in [4.78, 5) is 0. The predicted molar refractivity (Wildman–Crippen MR) is 404 cm³/mol. The van der Waals surface area contributed by atoms with Crippen LogP contribution in [0.1, 0.15) is 0 Å². The Hall–Kier alpha value is -10.7. The average Bonchev–Trinajstić information content (AvgIpc) is 0.755. The zero-order valence-corrected chi connectivity index (χ0v) is 52.3. The van der Waals surface area contributed by atoms with Crippen molar-refractivity contribution in [2.24, 2.45) is 0 Å². The molecule has 0 amide bonds. The number of rotatable bonds is 6. The fourth-order valence-corrected chi connectivity index (χ4v) is 14.6. The molecule has 0 unspecified atom stereocenters. The molecule has 0 saturated carbocycles. The third-order valence-corrected chi connectivity index (χ3v) is 19.0. The molecule has 18 aromatic carbocycles. The predicted octanol–water partition coefficient (Wildman–Crippen LogP) is 23.2. The van der Waals surface area contributed by atoms with Gasteiger partial charge in [-0.05, 0) is 234 Å².